The monoisotopic (exact) mass is 533 g/mol. The molecular weight excluding hydrogens is 505 g/mol. The first-order valence-electron chi connectivity index (χ1n) is 9.84. The molecule has 1 atom stereocenters. The Morgan fingerprint density at radius 2 is 2.10 bits per heavy atom. The number of hydrogen-bond donors (Lipinski definition) is 3. The number of halogens is 1. The lowest BCUT2D eigenvalue weighted by Gasteiger charge is -2.22. The summed E-state index contributed by atoms with van der Waals surface area (Å²) in [6.07, 6.45) is 6.36. The molecule has 8 heteroatoms. The van der Waals surface area contributed by atoms with Crippen LogP contribution in [0.1, 0.15) is 12.0 Å². The standard InChI is InChI=1S/C23H27N5O2.HI/c1-4-17-8-7-9-18(14-17)26-22(29)15-25-23(24-2)27-19-12-13-28(16-19)20-10-5-6-11-21(20)30-3;/h1,5-11,14,19H,12-13,15-16H2,2-3H3,(H,26,29)(H2,24,25,27);1H. The number of carbonyl (C=O) groups excluding carboxylic acids is 1. The molecular formula is C23H28IN5O2. The van der Waals surface area contributed by atoms with E-state index in [1.807, 2.05) is 30.3 Å². The summed E-state index contributed by atoms with van der Waals surface area (Å²) in [5, 5.41) is 9.28. The summed E-state index contributed by atoms with van der Waals surface area (Å²) in [5.74, 6) is 3.84. The van der Waals surface area contributed by atoms with Crippen LogP contribution in [0.25, 0.3) is 0 Å². The van der Waals surface area contributed by atoms with Gasteiger partial charge < -0.3 is 25.6 Å². The van der Waals surface area contributed by atoms with Crippen molar-refractivity contribution in [2.75, 3.05) is 44.0 Å². The van der Waals surface area contributed by atoms with Gasteiger partial charge in [0.25, 0.3) is 0 Å². The molecule has 1 saturated heterocycles. The van der Waals surface area contributed by atoms with E-state index in [2.05, 4.69) is 37.8 Å². The van der Waals surface area contributed by atoms with E-state index in [-0.39, 0.29) is 42.5 Å². The number of ether oxygens (including phenoxy) is 1. The zero-order chi connectivity index (χ0) is 21.3. The molecule has 3 rings (SSSR count). The Labute approximate surface area is 200 Å². The Morgan fingerprint density at radius 3 is 2.84 bits per heavy atom. The van der Waals surface area contributed by atoms with Crippen LogP contribution in [0.3, 0.4) is 0 Å². The van der Waals surface area contributed by atoms with Crippen molar-refractivity contribution in [3.8, 4) is 18.1 Å². The predicted octanol–water partition coefficient (Wildman–Crippen LogP) is 2.68. The minimum Gasteiger partial charge on any atom is -0.495 e. The van der Waals surface area contributed by atoms with Crippen LogP contribution in [0, 0.1) is 12.3 Å². The van der Waals surface area contributed by atoms with Gasteiger partial charge in [0.05, 0.1) is 19.3 Å². The fraction of sp³-hybridized carbons (Fsp3) is 0.304. The molecule has 1 aliphatic rings. The molecule has 0 saturated carbocycles. The van der Waals surface area contributed by atoms with Crippen LogP contribution in [0.5, 0.6) is 5.75 Å². The van der Waals surface area contributed by atoms with Crippen LogP contribution in [0.2, 0.25) is 0 Å². The number of hydrogen-bond acceptors (Lipinski definition) is 4. The number of benzene rings is 2. The van der Waals surface area contributed by atoms with Crippen molar-refractivity contribution in [2.24, 2.45) is 4.99 Å². The molecule has 0 radical (unpaired) electrons. The molecule has 7 nitrogen and oxygen atoms in total. The zero-order valence-corrected chi connectivity index (χ0v) is 20.1. The lowest BCUT2D eigenvalue weighted by atomic mass is 10.2. The predicted molar refractivity (Wildman–Crippen MR) is 137 cm³/mol. The van der Waals surface area contributed by atoms with Gasteiger partial charge in [0, 0.05) is 37.4 Å². The summed E-state index contributed by atoms with van der Waals surface area (Å²) in [7, 11) is 3.38. The SMILES string of the molecule is C#Cc1cccc(NC(=O)CNC(=NC)NC2CCN(c3ccccc3OC)C2)c1.I. The highest BCUT2D eigenvalue weighted by Gasteiger charge is 2.25. The summed E-state index contributed by atoms with van der Waals surface area (Å²) in [5.41, 5.74) is 2.48. The number of terminal acetylenes is 1. The fourth-order valence-corrected chi connectivity index (χ4v) is 3.43. The van der Waals surface area contributed by atoms with Gasteiger partial charge in [-0.05, 0) is 36.8 Å². The number of guanidine groups is 1. The molecule has 0 aromatic heterocycles. The van der Waals surface area contributed by atoms with Gasteiger partial charge in [0.15, 0.2) is 5.96 Å². The van der Waals surface area contributed by atoms with Gasteiger partial charge >= 0.3 is 0 Å². The number of amides is 1. The summed E-state index contributed by atoms with van der Waals surface area (Å²) in [6, 6.07) is 15.4. The molecule has 1 amide bonds. The van der Waals surface area contributed by atoms with Crippen molar-refractivity contribution in [3.05, 3.63) is 54.1 Å². The molecule has 31 heavy (non-hydrogen) atoms. The minimum absolute atomic E-state index is 0. The van der Waals surface area contributed by atoms with E-state index in [1.54, 1.807) is 26.3 Å². The van der Waals surface area contributed by atoms with Crippen LogP contribution in [0.4, 0.5) is 11.4 Å². The quantitative estimate of drug-likeness (QED) is 0.231. The second-order valence-electron chi connectivity index (χ2n) is 6.95. The van der Waals surface area contributed by atoms with Crippen LogP contribution < -0.4 is 25.6 Å². The van der Waals surface area contributed by atoms with Crippen molar-refractivity contribution in [1.29, 1.82) is 0 Å². The zero-order valence-electron chi connectivity index (χ0n) is 17.7. The maximum Gasteiger partial charge on any atom is 0.243 e. The Morgan fingerprint density at radius 1 is 1.29 bits per heavy atom. The third kappa shape index (κ3) is 6.79. The van der Waals surface area contributed by atoms with E-state index in [0.29, 0.717) is 11.6 Å². The molecule has 164 valence electrons. The molecule has 2 aromatic carbocycles. The first kappa shape index (κ1) is 24.3. The molecule has 0 aliphatic carbocycles. The number of nitrogens with one attached hydrogen (secondary N) is 3. The van der Waals surface area contributed by atoms with Crippen molar-refractivity contribution < 1.29 is 9.53 Å². The Bertz CT molecular complexity index is 957. The Kier molecular flexibility index (Phi) is 9.46. The van der Waals surface area contributed by atoms with Gasteiger partial charge in [-0.25, -0.2) is 0 Å². The molecule has 1 unspecified atom stereocenters. The van der Waals surface area contributed by atoms with E-state index in [4.69, 9.17) is 11.2 Å². The third-order valence-electron chi connectivity index (χ3n) is 4.91. The normalized spacial score (nSPS) is 15.5. The van der Waals surface area contributed by atoms with Gasteiger partial charge in [-0.15, -0.1) is 30.4 Å². The third-order valence-corrected chi connectivity index (χ3v) is 4.91. The molecule has 1 heterocycles. The van der Waals surface area contributed by atoms with Gasteiger partial charge in [-0.1, -0.05) is 24.1 Å². The maximum atomic E-state index is 12.2. The number of aliphatic imine (C=N–C) groups is 1. The highest BCUT2D eigenvalue weighted by Crippen LogP contribution is 2.30. The van der Waals surface area contributed by atoms with Crippen LogP contribution in [-0.4, -0.2) is 51.7 Å². The first-order chi connectivity index (χ1) is 14.6. The van der Waals surface area contributed by atoms with Crippen molar-refractivity contribution in [3.63, 3.8) is 0 Å². The van der Waals surface area contributed by atoms with Gasteiger partial charge in [-0.3, -0.25) is 9.79 Å². The number of para-hydroxylation sites is 2. The molecule has 1 fully saturated rings. The van der Waals surface area contributed by atoms with E-state index < -0.39 is 0 Å². The Hall–Kier alpha value is -2.93. The second-order valence-corrected chi connectivity index (χ2v) is 6.95. The summed E-state index contributed by atoms with van der Waals surface area (Å²) in [4.78, 5) is 18.8. The smallest absolute Gasteiger partial charge is 0.243 e. The van der Waals surface area contributed by atoms with E-state index in [9.17, 15) is 4.79 Å². The van der Waals surface area contributed by atoms with Crippen LogP contribution >= 0.6 is 24.0 Å². The number of carbonyl (C=O) groups is 1. The maximum absolute atomic E-state index is 12.2. The summed E-state index contributed by atoms with van der Waals surface area (Å²) >= 11 is 0. The highest BCUT2D eigenvalue weighted by molar-refractivity contribution is 14.0. The molecule has 0 spiro atoms. The molecule has 1 aliphatic heterocycles. The number of anilines is 2. The van der Waals surface area contributed by atoms with E-state index >= 15 is 0 Å². The largest absolute Gasteiger partial charge is 0.495 e. The van der Waals surface area contributed by atoms with Gasteiger partial charge in [0.1, 0.15) is 5.75 Å². The number of nitrogens with zero attached hydrogens (tertiary/aromatic N) is 2. The first-order valence-corrected chi connectivity index (χ1v) is 9.84. The molecule has 2 aromatic rings. The van der Waals surface area contributed by atoms with Crippen molar-refractivity contribution >= 4 is 47.2 Å². The van der Waals surface area contributed by atoms with Crippen LogP contribution in [-0.2, 0) is 4.79 Å². The lowest BCUT2D eigenvalue weighted by molar-refractivity contribution is -0.115. The summed E-state index contributed by atoms with van der Waals surface area (Å²) < 4.78 is 5.47. The average molecular weight is 533 g/mol. The van der Waals surface area contributed by atoms with Crippen molar-refractivity contribution in [2.45, 2.75) is 12.5 Å². The number of methoxy groups -OCH3 is 1. The highest BCUT2D eigenvalue weighted by atomic mass is 127. The summed E-state index contributed by atoms with van der Waals surface area (Å²) in [6.45, 7) is 1.84. The topological polar surface area (TPSA) is 78.0 Å². The van der Waals surface area contributed by atoms with Crippen molar-refractivity contribution in [1.82, 2.24) is 10.6 Å². The van der Waals surface area contributed by atoms with Gasteiger partial charge in [0.2, 0.25) is 5.91 Å². The number of rotatable bonds is 6. The second kappa shape index (κ2) is 12.1. The van der Waals surface area contributed by atoms with Crippen LogP contribution in [0.15, 0.2) is 53.5 Å². The fourth-order valence-electron chi connectivity index (χ4n) is 3.43. The van der Waals surface area contributed by atoms with E-state index in [0.717, 1.165) is 36.5 Å². The lowest BCUT2D eigenvalue weighted by Crippen LogP contribution is -2.46. The van der Waals surface area contributed by atoms with Gasteiger partial charge in [-0.2, -0.15) is 0 Å². The minimum atomic E-state index is -0.172. The average Bonchev–Trinajstić information content (AvgIpc) is 3.25. The Balaban J connectivity index is 0.00000341. The molecule has 3 N–H and O–H groups in total. The van der Waals surface area contributed by atoms with E-state index in [1.165, 1.54) is 0 Å². The molecule has 0 bridgehead atoms.